The molecule has 0 spiro atoms. The fourth-order valence-electron chi connectivity index (χ4n) is 6.86. The van der Waals surface area contributed by atoms with E-state index in [1.165, 1.54) is 0 Å². The van der Waals surface area contributed by atoms with Crippen LogP contribution in [0.1, 0.15) is 110 Å². The van der Waals surface area contributed by atoms with Crippen LogP contribution in [0.3, 0.4) is 0 Å². The van der Waals surface area contributed by atoms with Crippen LogP contribution in [0.25, 0.3) is 0 Å². The molecule has 1 fully saturated rings. The highest BCUT2D eigenvalue weighted by Crippen LogP contribution is 2.47. The summed E-state index contributed by atoms with van der Waals surface area (Å²) in [4.78, 5) is 71.0. The number of hydrogen-bond donors (Lipinski definition) is 2. The average molecular weight is 716 g/mol. The number of aryl methyl sites for hydroxylation is 1. The highest BCUT2D eigenvalue weighted by molar-refractivity contribution is 5.97. The monoisotopic (exact) mass is 715 g/mol. The van der Waals surface area contributed by atoms with Gasteiger partial charge in [-0.1, -0.05) is 95.3 Å². The predicted octanol–water partition coefficient (Wildman–Crippen LogP) is 7.18. The van der Waals surface area contributed by atoms with Gasteiger partial charge in [0.15, 0.2) is 11.6 Å². The van der Waals surface area contributed by atoms with Gasteiger partial charge in [0.25, 0.3) is 0 Å². The van der Waals surface area contributed by atoms with Crippen molar-refractivity contribution in [2.24, 2.45) is 29.1 Å². The lowest BCUT2D eigenvalue weighted by Gasteiger charge is -2.27. The van der Waals surface area contributed by atoms with Crippen LogP contribution in [0, 0.1) is 29.1 Å². The number of nitrogens with zero attached hydrogens (tertiary/aromatic N) is 1. The van der Waals surface area contributed by atoms with Gasteiger partial charge in [0.1, 0.15) is 5.78 Å². The van der Waals surface area contributed by atoms with Gasteiger partial charge in [0.2, 0.25) is 11.8 Å². The van der Waals surface area contributed by atoms with Crippen LogP contribution in [-0.4, -0.2) is 66.8 Å². The van der Waals surface area contributed by atoms with Crippen molar-refractivity contribution in [3.63, 3.8) is 0 Å². The van der Waals surface area contributed by atoms with Crippen molar-refractivity contribution in [3.05, 3.63) is 71.8 Å². The molecule has 8 heteroatoms. The molecule has 8 nitrogen and oxygen atoms in total. The molecule has 0 bridgehead atoms. The highest BCUT2D eigenvalue weighted by Gasteiger charge is 2.48. The maximum absolute atomic E-state index is 14.2. The Labute approximate surface area is 313 Å². The SMILES string of the molecule is CC(C)C[C@H](NC(=O)C(CCc1ccccc1)CC(=O)CCCCN(C)C)C(=O)C[C@@H](Cc1ccccc1)C(=O)N[C@@H](CC(C)C)C(=O)C1(C)CC1. The van der Waals surface area contributed by atoms with Crippen molar-refractivity contribution in [2.45, 2.75) is 124 Å². The van der Waals surface area contributed by atoms with Gasteiger partial charge in [-0.25, -0.2) is 0 Å². The number of hydrogen-bond acceptors (Lipinski definition) is 6. The van der Waals surface area contributed by atoms with Crippen molar-refractivity contribution in [1.82, 2.24) is 15.5 Å². The zero-order chi connectivity index (χ0) is 38.3. The Kier molecular flexibility index (Phi) is 17.4. The molecule has 1 saturated carbocycles. The van der Waals surface area contributed by atoms with E-state index in [0.29, 0.717) is 38.5 Å². The Balaban J connectivity index is 1.80. The lowest BCUT2D eigenvalue weighted by atomic mass is 9.87. The molecule has 4 atom stereocenters. The van der Waals surface area contributed by atoms with E-state index in [1.54, 1.807) is 0 Å². The third-order valence-corrected chi connectivity index (χ3v) is 10.3. The van der Waals surface area contributed by atoms with Crippen molar-refractivity contribution in [1.29, 1.82) is 0 Å². The van der Waals surface area contributed by atoms with Gasteiger partial charge in [-0.2, -0.15) is 0 Å². The topological polar surface area (TPSA) is 113 Å². The van der Waals surface area contributed by atoms with E-state index >= 15 is 0 Å². The molecule has 2 amide bonds. The number of carbonyl (C=O) groups is 5. The molecule has 52 heavy (non-hydrogen) atoms. The van der Waals surface area contributed by atoms with Crippen LogP contribution < -0.4 is 10.6 Å². The Bertz CT molecular complexity index is 1430. The van der Waals surface area contributed by atoms with Crippen molar-refractivity contribution in [3.8, 4) is 0 Å². The lowest BCUT2D eigenvalue weighted by molar-refractivity contribution is -0.135. The van der Waals surface area contributed by atoms with E-state index in [4.69, 9.17) is 0 Å². The average Bonchev–Trinajstić information content (AvgIpc) is 3.85. The molecule has 2 aromatic carbocycles. The van der Waals surface area contributed by atoms with E-state index in [9.17, 15) is 24.0 Å². The first-order valence-corrected chi connectivity index (χ1v) is 19.6. The standard InChI is InChI=1S/C44H65N3O5/c1-31(2)26-38(45-42(51)35(22-21-33-16-10-8-11-17-33)29-37(48)20-14-15-25-47(6)7)40(49)30-36(28-34-18-12-9-13-19-34)43(52)46-39(27-32(3)4)41(50)44(5)23-24-44/h8-13,16-19,31-32,35-36,38-39H,14-15,20-30H2,1-7H3,(H,45,51)(H,46,52)/t35?,36-,38+,39+/m1/s1. The number of unbranched alkanes of at least 4 members (excludes halogenated alkanes) is 1. The Morgan fingerprint density at radius 2 is 1.25 bits per heavy atom. The van der Waals surface area contributed by atoms with Gasteiger partial charge >= 0.3 is 0 Å². The fraction of sp³-hybridized carbons (Fsp3) is 0.614. The summed E-state index contributed by atoms with van der Waals surface area (Å²) in [7, 11) is 4.02. The second-order valence-corrected chi connectivity index (χ2v) is 16.6. The summed E-state index contributed by atoms with van der Waals surface area (Å²) in [6.07, 6.45) is 6.24. The van der Waals surface area contributed by atoms with Gasteiger partial charge in [-0.3, -0.25) is 24.0 Å². The number of nitrogens with one attached hydrogen (secondary N) is 2. The minimum Gasteiger partial charge on any atom is -0.346 e. The second-order valence-electron chi connectivity index (χ2n) is 16.6. The fourth-order valence-corrected chi connectivity index (χ4v) is 6.86. The van der Waals surface area contributed by atoms with Gasteiger partial charge in [-0.05, 0) is 101 Å². The minimum absolute atomic E-state index is 0.0591. The first kappa shape index (κ1) is 42.8. The number of ketones is 3. The number of rotatable bonds is 25. The summed E-state index contributed by atoms with van der Waals surface area (Å²) in [5.74, 6) is -1.66. The third kappa shape index (κ3) is 15.1. The van der Waals surface area contributed by atoms with Crippen molar-refractivity contribution < 1.29 is 24.0 Å². The first-order chi connectivity index (χ1) is 24.7. The summed E-state index contributed by atoms with van der Waals surface area (Å²) < 4.78 is 0. The molecule has 0 aromatic heterocycles. The second kappa shape index (κ2) is 21.2. The van der Waals surface area contributed by atoms with E-state index in [0.717, 1.165) is 43.4 Å². The Morgan fingerprint density at radius 1 is 0.712 bits per heavy atom. The van der Waals surface area contributed by atoms with Crippen LogP contribution >= 0.6 is 0 Å². The number of benzene rings is 2. The third-order valence-electron chi connectivity index (χ3n) is 10.3. The molecule has 2 N–H and O–H groups in total. The molecule has 0 saturated heterocycles. The molecule has 0 aliphatic heterocycles. The van der Waals surface area contributed by atoms with Gasteiger partial charge in [-0.15, -0.1) is 0 Å². The zero-order valence-electron chi connectivity index (χ0n) is 32.9. The number of Topliss-reactive ketones (excluding diaryl/α,β-unsaturated/α-hetero) is 3. The summed E-state index contributed by atoms with van der Waals surface area (Å²) in [5.41, 5.74) is 1.62. The quantitative estimate of drug-likeness (QED) is 0.105. The smallest absolute Gasteiger partial charge is 0.224 e. The molecule has 2 aromatic rings. The normalized spacial score (nSPS) is 15.9. The molecular formula is C44H65N3O5. The van der Waals surface area contributed by atoms with Crippen molar-refractivity contribution in [2.75, 3.05) is 20.6 Å². The van der Waals surface area contributed by atoms with Crippen LogP contribution in [0.15, 0.2) is 60.7 Å². The van der Waals surface area contributed by atoms with Crippen molar-refractivity contribution >= 4 is 29.2 Å². The molecule has 0 heterocycles. The van der Waals surface area contributed by atoms with E-state index < -0.39 is 29.3 Å². The van der Waals surface area contributed by atoms with Gasteiger partial charge in [0.05, 0.1) is 12.1 Å². The van der Waals surface area contributed by atoms with E-state index in [-0.39, 0.29) is 53.8 Å². The summed E-state index contributed by atoms with van der Waals surface area (Å²) in [5, 5.41) is 6.13. The highest BCUT2D eigenvalue weighted by atomic mass is 16.2. The number of carbonyl (C=O) groups excluding carboxylic acids is 5. The zero-order valence-corrected chi connectivity index (χ0v) is 32.9. The molecule has 1 aliphatic rings. The van der Waals surface area contributed by atoms with Gasteiger partial charge in [0, 0.05) is 36.5 Å². The van der Waals surface area contributed by atoms with Gasteiger partial charge < -0.3 is 15.5 Å². The summed E-state index contributed by atoms with van der Waals surface area (Å²) in [6, 6.07) is 18.1. The van der Waals surface area contributed by atoms with E-state index in [1.807, 2.05) is 109 Å². The van der Waals surface area contributed by atoms with Crippen LogP contribution in [0.2, 0.25) is 0 Å². The molecule has 286 valence electrons. The van der Waals surface area contributed by atoms with E-state index in [2.05, 4.69) is 15.5 Å². The maximum atomic E-state index is 14.2. The lowest BCUT2D eigenvalue weighted by Crippen LogP contribution is -2.49. The minimum atomic E-state index is -0.800. The Hall–Kier alpha value is -3.65. The molecule has 1 unspecified atom stereocenters. The predicted molar refractivity (Wildman–Crippen MR) is 209 cm³/mol. The molecule has 0 radical (unpaired) electrons. The molecule has 1 aliphatic carbocycles. The summed E-state index contributed by atoms with van der Waals surface area (Å²) in [6.45, 7) is 11.0. The number of amides is 2. The largest absolute Gasteiger partial charge is 0.346 e. The maximum Gasteiger partial charge on any atom is 0.224 e. The Morgan fingerprint density at radius 3 is 1.81 bits per heavy atom. The van der Waals surface area contributed by atoms with Crippen LogP contribution in [-0.2, 0) is 36.8 Å². The summed E-state index contributed by atoms with van der Waals surface area (Å²) >= 11 is 0. The molecular weight excluding hydrogens is 651 g/mol. The van der Waals surface area contributed by atoms with Crippen LogP contribution in [0.5, 0.6) is 0 Å². The van der Waals surface area contributed by atoms with Crippen LogP contribution in [0.4, 0.5) is 0 Å². The molecule has 3 rings (SSSR count). The first-order valence-electron chi connectivity index (χ1n) is 19.6.